The Morgan fingerprint density at radius 3 is 2.97 bits per heavy atom. The van der Waals surface area contributed by atoms with Crippen LogP contribution in [0, 0.1) is 12.7 Å². The van der Waals surface area contributed by atoms with Crippen molar-refractivity contribution in [3.8, 4) is 11.6 Å². The number of fused-ring (bicyclic) bond motifs is 2. The number of carbonyl (C=O) groups excluding carboxylic acids is 1. The number of halogens is 1. The minimum atomic E-state index is -0.614. The minimum absolute atomic E-state index is 0.107. The van der Waals surface area contributed by atoms with Crippen molar-refractivity contribution in [3.05, 3.63) is 83.4 Å². The maximum atomic E-state index is 14.1. The van der Waals surface area contributed by atoms with Crippen LogP contribution in [0.15, 0.2) is 53.3 Å². The minimum Gasteiger partial charge on any atom is -0.411 e. The quantitative estimate of drug-likeness (QED) is 0.455. The summed E-state index contributed by atoms with van der Waals surface area (Å²) in [5, 5.41) is 12.5. The molecular weight excluding hydrogens is 427 g/mol. The summed E-state index contributed by atoms with van der Waals surface area (Å²) in [6.45, 7) is 2.35. The molecule has 5 aromatic heterocycles. The number of pyridine rings is 2. The standard InChI is InChI=1S/C22H17FN8O2/c1-12-4-2-5-13-10-16(29-31(12)13)19-18-15(25-11-26-18)7-9-30(19)22(32)21-28-27-20(33-21)17-14(23)6-3-8-24-17/h2-6,8,10-11,19H,7,9H2,1H3,(H,25,26). The van der Waals surface area contributed by atoms with Gasteiger partial charge in [0.2, 0.25) is 0 Å². The molecular formula is C22H17FN8O2. The van der Waals surface area contributed by atoms with Crippen LogP contribution in [-0.2, 0) is 6.42 Å². The van der Waals surface area contributed by atoms with Crippen LogP contribution in [0.25, 0.3) is 17.1 Å². The van der Waals surface area contributed by atoms with Crippen molar-refractivity contribution >= 4 is 11.4 Å². The van der Waals surface area contributed by atoms with E-state index in [4.69, 9.17) is 9.52 Å². The molecule has 33 heavy (non-hydrogen) atoms. The van der Waals surface area contributed by atoms with Gasteiger partial charge in [-0.1, -0.05) is 6.07 Å². The average molecular weight is 444 g/mol. The van der Waals surface area contributed by atoms with Gasteiger partial charge in [0.15, 0.2) is 11.5 Å². The van der Waals surface area contributed by atoms with Crippen LogP contribution in [0.5, 0.6) is 0 Å². The third-order valence-corrected chi connectivity index (χ3v) is 5.73. The second kappa shape index (κ2) is 7.33. The summed E-state index contributed by atoms with van der Waals surface area (Å²) in [7, 11) is 0. The van der Waals surface area contributed by atoms with Crippen molar-refractivity contribution in [2.45, 2.75) is 19.4 Å². The molecule has 6 rings (SSSR count). The van der Waals surface area contributed by atoms with Crippen LogP contribution in [0.3, 0.4) is 0 Å². The summed E-state index contributed by atoms with van der Waals surface area (Å²) < 4.78 is 21.4. The zero-order valence-corrected chi connectivity index (χ0v) is 17.4. The topological polar surface area (TPSA) is 118 Å². The summed E-state index contributed by atoms with van der Waals surface area (Å²) in [5.41, 5.74) is 4.09. The highest BCUT2D eigenvalue weighted by atomic mass is 19.1. The summed E-state index contributed by atoms with van der Waals surface area (Å²) in [4.78, 5) is 26.6. The van der Waals surface area contributed by atoms with Crippen LogP contribution < -0.4 is 0 Å². The number of aryl methyl sites for hydroxylation is 1. The van der Waals surface area contributed by atoms with Gasteiger partial charge in [0, 0.05) is 30.6 Å². The molecule has 0 aliphatic carbocycles. The fraction of sp³-hybridized carbons (Fsp3) is 0.182. The predicted octanol–water partition coefficient (Wildman–Crippen LogP) is 2.74. The van der Waals surface area contributed by atoms with Gasteiger partial charge < -0.3 is 14.3 Å². The number of imidazole rings is 1. The van der Waals surface area contributed by atoms with Crippen LogP contribution in [0.4, 0.5) is 4.39 Å². The van der Waals surface area contributed by atoms with E-state index in [0.29, 0.717) is 24.4 Å². The van der Waals surface area contributed by atoms with E-state index in [0.717, 1.165) is 16.9 Å². The third-order valence-electron chi connectivity index (χ3n) is 5.73. The summed E-state index contributed by atoms with van der Waals surface area (Å²) in [6, 6.07) is 9.95. The van der Waals surface area contributed by atoms with Gasteiger partial charge in [-0.05, 0) is 37.3 Å². The first kappa shape index (κ1) is 19.3. The van der Waals surface area contributed by atoms with E-state index in [-0.39, 0.29) is 17.5 Å². The molecule has 1 N–H and O–H groups in total. The van der Waals surface area contributed by atoms with Crippen LogP contribution in [0.1, 0.15) is 39.5 Å². The molecule has 1 aliphatic heterocycles. The molecule has 0 bridgehead atoms. The van der Waals surface area contributed by atoms with Crippen molar-refractivity contribution in [3.63, 3.8) is 0 Å². The first-order valence-corrected chi connectivity index (χ1v) is 10.3. The van der Waals surface area contributed by atoms with Crippen LogP contribution in [-0.4, -0.2) is 52.1 Å². The zero-order chi connectivity index (χ0) is 22.5. The Labute approximate surface area is 186 Å². The molecule has 0 saturated heterocycles. The van der Waals surface area contributed by atoms with Gasteiger partial charge in [-0.3, -0.25) is 4.79 Å². The van der Waals surface area contributed by atoms with Gasteiger partial charge in [-0.25, -0.2) is 18.9 Å². The van der Waals surface area contributed by atoms with Gasteiger partial charge in [-0.15, -0.1) is 10.2 Å². The van der Waals surface area contributed by atoms with Crippen LogP contribution >= 0.6 is 0 Å². The monoisotopic (exact) mass is 444 g/mol. The molecule has 0 saturated carbocycles. The molecule has 0 aromatic carbocycles. The van der Waals surface area contributed by atoms with Gasteiger partial charge in [-0.2, -0.15) is 5.10 Å². The lowest BCUT2D eigenvalue weighted by Gasteiger charge is -2.32. The highest BCUT2D eigenvalue weighted by Gasteiger charge is 2.38. The lowest BCUT2D eigenvalue weighted by molar-refractivity contribution is 0.0646. The molecule has 0 radical (unpaired) electrons. The van der Waals surface area contributed by atoms with E-state index in [1.807, 2.05) is 35.7 Å². The molecule has 5 aromatic rings. The van der Waals surface area contributed by atoms with E-state index in [2.05, 4.69) is 25.1 Å². The maximum Gasteiger partial charge on any atom is 0.312 e. The number of nitrogens with zero attached hydrogens (tertiary/aromatic N) is 7. The van der Waals surface area contributed by atoms with Crippen molar-refractivity contribution in [1.29, 1.82) is 0 Å². The molecule has 1 atom stereocenters. The Bertz CT molecular complexity index is 1500. The third kappa shape index (κ3) is 3.08. The lowest BCUT2D eigenvalue weighted by atomic mass is 9.99. The summed E-state index contributed by atoms with van der Waals surface area (Å²) >= 11 is 0. The number of carbonyl (C=O) groups is 1. The Morgan fingerprint density at radius 1 is 1.21 bits per heavy atom. The lowest BCUT2D eigenvalue weighted by Crippen LogP contribution is -2.41. The fourth-order valence-electron chi connectivity index (χ4n) is 4.17. The number of hydrogen-bond acceptors (Lipinski definition) is 7. The molecule has 164 valence electrons. The smallest absolute Gasteiger partial charge is 0.312 e. The zero-order valence-electron chi connectivity index (χ0n) is 17.4. The summed E-state index contributed by atoms with van der Waals surface area (Å²) in [6.07, 6.45) is 3.61. The molecule has 1 unspecified atom stereocenters. The van der Waals surface area contributed by atoms with Gasteiger partial charge in [0.25, 0.3) is 5.89 Å². The summed E-state index contributed by atoms with van der Waals surface area (Å²) in [5.74, 6) is -1.51. The molecule has 0 fully saturated rings. The van der Waals surface area contributed by atoms with Gasteiger partial charge in [0.05, 0.1) is 23.2 Å². The number of aromatic nitrogens is 7. The maximum absolute atomic E-state index is 14.1. The van der Waals surface area contributed by atoms with E-state index in [1.54, 1.807) is 11.2 Å². The van der Waals surface area contributed by atoms with Crippen molar-refractivity contribution in [2.75, 3.05) is 6.54 Å². The molecule has 1 aliphatic rings. The Balaban J connectivity index is 1.41. The fourth-order valence-corrected chi connectivity index (χ4v) is 4.17. The second-order valence-electron chi connectivity index (χ2n) is 7.74. The van der Waals surface area contributed by atoms with E-state index in [1.165, 1.54) is 18.3 Å². The van der Waals surface area contributed by atoms with E-state index < -0.39 is 17.8 Å². The Hall–Kier alpha value is -4.41. The van der Waals surface area contributed by atoms with E-state index in [9.17, 15) is 9.18 Å². The number of rotatable bonds is 3. The number of nitrogens with one attached hydrogen (secondary N) is 1. The number of aromatic amines is 1. The first-order valence-electron chi connectivity index (χ1n) is 10.3. The van der Waals surface area contributed by atoms with Gasteiger partial charge in [0.1, 0.15) is 6.04 Å². The molecule has 6 heterocycles. The second-order valence-corrected chi connectivity index (χ2v) is 7.74. The highest BCUT2D eigenvalue weighted by Crippen LogP contribution is 2.34. The van der Waals surface area contributed by atoms with Crippen LogP contribution in [0.2, 0.25) is 0 Å². The van der Waals surface area contributed by atoms with Crippen molar-refractivity contribution in [2.24, 2.45) is 0 Å². The van der Waals surface area contributed by atoms with E-state index >= 15 is 0 Å². The highest BCUT2D eigenvalue weighted by molar-refractivity contribution is 5.90. The predicted molar refractivity (Wildman–Crippen MR) is 113 cm³/mol. The number of H-pyrrole nitrogens is 1. The Kier molecular flexibility index (Phi) is 4.28. The number of amides is 1. The van der Waals surface area contributed by atoms with Crippen molar-refractivity contribution < 1.29 is 13.6 Å². The van der Waals surface area contributed by atoms with Gasteiger partial charge >= 0.3 is 11.8 Å². The van der Waals surface area contributed by atoms with Crippen molar-refractivity contribution in [1.82, 2.24) is 39.7 Å². The molecule has 1 amide bonds. The number of hydrogen-bond donors (Lipinski definition) is 1. The Morgan fingerprint density at radius 2 is 2.12 bits per heavy atom. The molecule has 11 heteroatoms. The average Bonchev–Trinajstić information content (AvgIpc) is 3.57. The molecule has 0 spiro atoms. The SMILES string of the molecule is Cc1cccc2cc(C3c4nc[nH]c4CCN3C(=O)c3nnc(-c4ncccc4F)o3)nn12. The normalized spacial score (nSPS) is 15.7. The largest absolute Gasteiger partial charge is 0.411 e. The molecule has 10 nitrogen and oxygen atoms in total. The first-order chi connectivity index (χ1) is 16.1.